The van der Waals surface area contributed by atoms with Gasteiger partial charge in [-0.2, -0.15) is 0 Å². The zero-order valence-corrected chi connectivity index (χ0v) is 9.65. The van der Waals surface area contributed by atoms with Gasteiger partial charge in [-0.15, -0.1) is 0 Å². The summed E-state index contributed by atoms with van der Waals surface area (Å²) in [6.45, 7) is 5.33. The molecule has 0 radical (unpaired) electrons. The molecule has 3 heteroatoms. The largest absolute Gasteiger partial charge is 0.312 e. The standard InChI is InChI=1S/C14H14N2O/c1-2-13-12-8-11(6-5-10(12)9-15-13)16-7-3-4-14(16)17/h2,5-6,8H,1,3-4,7,9H2. The van der Waals surface area contributed by atoms with Crippen molar-refractivity contribution < 1.29 is 4.79 Å². The highest BCUT2D eigenvalue weighted by atomic mass is 16.2. The third kappa shape index (κ3) is 1.58. The van der Waals surface area contributed by atoms with Gasteiger partial charge < -0.3 is 4.90 Å². The maximum Gasteiger partial charge on any atom is 0.227 e. The summed E-state index contributed by atoms with van der Waals surface area (Å²) in [5.41, 5.74) is 4.27. The number of nitrogens with zero attached hydrogens (tertiary/aromatic N) is 2. The molecule has 1 aromatic carbocycles. The average molecular weight is 226 g/mol. The fourth-order valence-electron chi connectivity index (χ4n) is 2.46. The van der Waals surface area contributed by atoms with E-state index in [1.165, 1.54) is 5.56 Å². The second-order valence-electron chi connectivity index (χ2n) is 4.40. The lowest BCUT2D eigenvalue weighted by Crippen LogP contribution is -2.23. The number of hydrogen-bond donors (Lipinski definition) is 0. The number of allylic oxidation sites excluding steroid dienone is 1. The van der Waals surface area contributed by atoms with Gasteiger partial charge in [-0.1, -0.05) is 12.6 Å². The van der Waals surface area contributed by atoms with Gasteiger partial charge in [0.25, 0.3) is 0 Å². The van der Waals surface area contributed by atoms with Gasteiger partial charge in [0.15, 0.2) is 0 Å². The number of fused-ring (bicyclic) bond motifs is 1. The van der Waals surface area contributed by atoms with E-state index in [9.17, 15) is 4.79 Å². The molecule has 17 heavy (non-hydrogen) atoms. The first kappa shape index (κ1) is 10.3. The molecule has 2 aliphatic heterocycles. The normalized spacial score (nSPS) is 18.2. The van der Waals surface area contributed by atoms with Crippen LogP contribution in [0.3, 0.4) is 0 Å². The number of rotatable bonds is 2. The quantitative estimate of drug-likeness (QED) is 0.761. The number of benzene rings is 1. The molecule has 0 N–H and O–H groups in total. The summed E-state index contributed by atoms with van der Waals surface area (Å²) in [4.78, 5) is 18.0. The highest BCUT2D eigenvalue weighted by Crippen LogP contribution is 2.27. The Kier molecular flexibility index (Phi) is 2.32. The SMILES string of the molecule is C=CC1=NCc2ccc(N3CCCC3=O)cc21. The lowest BCUT2D eigenvalue weighted by Gasteiger charge is -2.16. The van der Waals surface area contributed by atoms with Gasteiger partial charge in [-0.25, -0.2) is 0 Å². The lowest BCUT2D eigenvalue weighted by molar-refractivity contribution is -0.117. The van der Waals surface area contributed by atoms with Crippen LogP contribution in [0.4, 0.5) is 5.69 Å². The Morgan fingerprint density at radius 3 is 3.00 bits per heavy atom. The Hall–Kier alpha value is -1.90. The molecule has 0 aromatic heterocycles. The van der Waals surface area contributed by atoms with Gasteiger partial charge in [0.1, 0.15) is 0 Å². The van der Waals surface area contributed by atoms with Gasteiger partial charge >= 0.3 is 0 Å². The molecule has 3 rings (SSSR count). The number of amides is 1. The fourth-order valence-corrected chi connectivity index (χ4v) is 2.46. The number of hydrogen-bond acceptors (Lipinski definition) is 2. The Morgan fingerprint density at radius 1 is 1.41 bits per heavy atom. The van der Waals surface area contributed by atoms with Crippen LogP contribution in [0.5, 0.6) is 0 Å². The fraction of sp³-hybridized carbons (Fsp3) is 0.286. The molecule has 1 saturated heterocycles. The van der Waals surface area contributed by atoms with Crippen molar-refractivity contribution in [1.29, 1.82) is 0 Å². The van der Waals surface area contributed by atoms with Gasteiger partial charge in [-0.05, 0) is 30.2 Å². The summed E-state index contributed by atoms with van der Waals surface area (Å²) in [6, 6.07) is 6.14. The van der Waals surface area contributed by atoms with Gasteiger partial charge in [0.2, 0.25) is 5.91 Å². The van der Waals surface area contributed by atoms with Crippen LogP contribution in [0.15, 0.2) is 35.8 Å². The van der Waals surface area contributed by atoms with Crippen molar-refractivity contribution in [3.63, 3.8) is 0 Å². The van der Waals surface area contributed by atoms with E-state index < -0.39 is 0 Å². The highest BCUT2D eigenvalue weighted by molar-refractivity contribution is 6.11. The molecule has 0 spiro atoms. The van der Waals surface area contributed by atoms with Crippen molar-refractivity contribution in [1.82, 2.24) is 0 Å². The van der Waals surface area contributed by atoms with Crippen LogP contribution in [-0.4, -0.2) is 18.2 Å². The second-order valence-corrected chi connectivity index (χ2v) is 4.40. The Bertz CT molecular complexity index is 531. The van der Waals surface area contributed by atoms with Crippen LogP contribution in [0.2, 0.25) is 0 Å². The first-order valence-corrected chi connectivity index (χ1v) is 5.90. The minimum atomic E-state index is 0.222. The molecular formula is C14H14N2O. The third-order valence-corrected chi connectivity index (χ3v) is 3.37. The van der Waals surface area contributed by atoms with Crippen molar-refractivity contribution >= 4 is 17.3 Å². The number of carbonyl (C=O) groups excluding carboxylic acids is 1. The smallest absolute Gasteiger partial charge is 0.227 e. The molecule has 0 saturated carbocycles. The number of aliphatic imine (C=N–C) groups is 1. The van der Waals surface area contributed by atoms with E-state index in [0.29, 0.717) is 6.42 Å². The molecule has 1 aromatic rings. The molecule has 0 aliphatic carbocycles. The van der Waals surface area contributed by atoms with E-state index in [1.807, 2.05) is 11.0 Å². The van der Waals surface area contributed by atoms with E-state index >= 15 is 0 Å². The first-order valence-electron chi connectivity index (χ1n) is 5.90. The predicted molar refractivity (Wildman–Crippen MR) is 68.5 cm³/mol. The molecule has 0 bridgehead atoms. The average Bonchev–Trinajstić information content (AvgIpc) is 2.93. The highest BCUT2D eigenvalue weighted by Gasteiger charge is 2.23. The van der Waals surface area contributed by atoms with E-state index in [0.717, 1.165) is 36.5 Å². The second kappa shape index (κ2) is 3.84. The Balaban J connectivity index is 2.01. The Labute approximate surface area is 100 Å². The molecule has 86 valence electrons. The maximum absolute atomic E-state index is 11.7. The Morgan fingerprint density at radius 2 is 2.29 bits per heavy atom. The van der Waals surface area contributed by atoms with E-state index in [2.05, 4.69) is 23.7 Å². The molecule has 0 atom stereocenters. The first-order chi connectivity index (χ1) is 8.29. The summed E-state index contributed by atoms with van der Waals surface area (Å²) < 4.78 is 0. The maximum atomic E-state index is 11.7. The van der Waals surface area contributed by atoms with Crippen molar-refractivity contribution in [2.75, 3.05) is 11.4 Å². The molecule has 2 aliphatic rings. The summed E-state index contributed by atoms with van der Waals surface area (Å²) in [7, 11) is 0. The van der Waals surface area contributed by atoms with Crippen LogP contribution in [-0.2, 0) is 11.3 Å². The third-order valence-electron chi connectivity index (χ3n) is 3.37. The van der Waals surface area contributed by atoms with Gasteiger partial charge in [-0.3, -0.25) is 9.79 Å². The van der Waals surface area contributed by atoms with Crippen LogP contribution < -0.4 is 4.90 Å². The van der Waals surface area contributed by atoms with Crippen molar-refractivity contribution in [2.24, 2.45) is 4.99 Å². The van der Waals surface area contributed by atoms with Crippen LogP contribution in [0, 0.1) is 0 Å². The summed E-state index contributed by atoms with van der Waals surface area (Å²) in [6.07, 6.45) is 3.40. The van der Waals surface area contributed by atoms with E-state index in [1.54, 1.807) is 6.08 Å². The molecule has 1 fully saturated rings. The molecule has 1 amide bonds. The van der Waals surface area contributed by atoms with Crippen molar-refractivity contribution in [3.8, 4) is 0 Å². The summed E-state index contributed by atoms with van der Waals surface area (Å²) >= 11 is 0. The number of anilines is 1. The zero-order valence-electron chi connectivity index (χ0n) is 9.65. The molecular weight excluding hydrogens is 212 g/mol. The zero-order chi connectivity index (χ0) is 11.8. The minimum absolute atomic E-state index is 0.222. The molecule has 0 unspecified atom stereocenters. The summed E-state index contributed by atoms with van der Waals surface area (Å²) in [5.74, 6) is 0.222. The van der Waals surface area contributed by atoms with E-state index in [-0.39, 0.29) is 5.91 Å². The van der Waals surface area contributed by atoms with Gasteiger partial charge in [0.05, 0.1) is 12.3 Å². The van der Waals surface area contributed by atoms with E-state index in [4.69, 9.17) is 0 Å². The lowest BCUT2D eigenvalue weighted by atomic mass is 10.0. The van der Waals surface area contributed by atoms with Gasteiger partial charge in [0, 0.05) is 24.2 Å². The number of carbonyl (C=O) groups is 1. The minimum Gasteiger partial charge on any atom is -0.312 e. The van der Waals surface area contributed by atoms with Crippen LogP contribution in [0.25, 0.3) is 0 Å². The summed E-state index contributed by atoms with van der Waals surface area (Å²) in [5, 5.41) is 0. The van der Waals surface area contributed by atoms with Crippen LogP contribution >= 0.6 is 0 Å². The molecule has 3 nitrogen and oxygen atoms in total. The van der Waals surface area contributed by atoms with Crippen molar-refractivity contribution in [2.45, 2.75) is 19.4 Å². The predicted octanol–water partition coefficient (Wildman–Crippen LogP) is 2.30. The topological polar surface area (TPSA) is 32.7 Å². The monoisotopic (exact) mass is 226 g/mol. The van der Waals surface area contributed by atoms with Crippen LogP contribution in [0.1, 0.15) is 24.0 Å². The van der Waals surface area contributed by atoms with Crippen molar-refractivity contribution in [3.05, 3.63) is 42.0 Å². The molecule has 2 heterocycles.